The van der Waals surface area contributed by atoms with E-state index in [1.165, 1.54) is 10.9 Å². The van der Waals surface area contributed by atoms with Crippen molar-refractivity contribution in [1.82, 2.24) is 10.3 Å². The summed E-state index contributed by atoms with van der Waals surface area (Å²) in [7, 11) is -2.82. The van der Waals surface area contributed by atoms with Crippen LogP contribution < -0.4 is 5.32 Å². The number of aromatic amines is 1. The molecule has 0 amide bonds. The van der Waals surface area contributed by atoms with E-state index in [0.29, 0.717) is 11.5 Å². The highest BCUT2D eigenvalue weighted by atomic mass is 32.2. The molecule has 5 heteroatoms. The molecule has 0 spiro atoms. The summed E-state index contributed by atoms with van der Waals surface area (Å²) in [6.45, 7) is 0.821. The van der Waals surface area contributed by atoms with Crippen LogP contribution in [0.25, 0.3) is 10.9 Å². The molecule has 0 bridgehead atoms. The van der Waals surface area contributed by atoms with Crippen molar-refractivity contribution in [1.29, 1.82) is 0 Å². The van der Waals surface area contributed by atoms with Crippen molar-refractivity contribution < 1.29 is 8.42 Å². The van der Waals surface area contributed by atoms with Gasteiger partial charge in [-0.3, -0.25) is 0 Å². The molecule has 4 nitrogen and oxygen atoms in total. The molecule has 1 saturated heterocycles. The quantitative estimate of drug-likeness (QED) is 0.904. The number of fused-ring (bicyclic) bond motifs is 1. The predicted octanol–water partition coefficient (Wildman–Crippen LogP) is 1.88. The second kappa shape index (κ2) is 5.58. The van der Waals surface area contributed by atoms with Gasteiger partial charge in [0, 0.05) is 23.1 Å². The molecule has 108 valence electrons. The summed E-state index contributed by atoms with van der Waals surface area (Å²) in [6, 6.07) is 8.37. The van der Waals surface area contributed by atoms with Gasteiger partial charge in [-0.25, -0.2) is 8.42 Å². The monoisotopic (exact) mass is 292 g/mol. The lowest BCUT2D eigenvalue weighted by atomic mass is 10.1. The largest absolute Gasteiger partial charge is 0.361 e. The average Bonchev–Trinajstić information content (AvgIpc) is 2.81. The number of rotatable bonds is 4. The van der Waals surface area contributed by atoms with E-state index in [2.05, 4.69) is 22.4 Å². The lowest BCUT2D eigenvalue weighted by Crippen LogP contribution is -2.40. The molecule has 1 aromatic carbocycles. The van der Waals surface area contributed by atoms with Crippen molar-refractivity contribution in [3.63, 3.8) is 0 Å². The van der Waals surface area contributed by atoms with Crippen LogP contribution in [0.3, 0.4) is 0 Å². The van der Waals surface area contributed by atoms with Crippen LogP contribution in [-0.2, 0) is 16.3 Å². The second-order valence-corrected chi connectivity index (χ2v) is 7.75. The first-order chi connectivity index (χ1) is 9.64. The maximum absolute atomic E-state index is 11.6. The van der Waals surface area contributed by atoms with Crippen molar-refractivity contribution in [2.75, 3.05) is 18.1 Å². The number of benzene rings is 1. The molecule has 0 radical (unpaired) electrons. The van der Waals surface area contributed by atoms with Crippen LogP contribution in [0.5, 0.6) is 0 Å². The van der Waals surface area contributed by atoms with Gasteiger partial charge < -0.3 is 10.3 Å². The minimum atomic E-state index is -2.82. The first-order valence-corrected chi connectivity index (χ1v) is 8.95. The molecule has 1 aromatic heterocycles. The Bertz CT molecular complexity index is 691. The van der Waals surface area contributed by atoms with Gasteiger partial charge in [0.25, 0.3) is 0 Å². The Balaban J connectivity index is 1.57. The van der Waals surface area contributed by atoms with Crippen LogP contribution >= 0.6 is 0 Å². The zero-order valence-electron chi connectivity index (χ0n) is 11.4. The first kappa shape index (κ1) is 13.6. The van der Waals surface area contributed by atoms with Gasteiger partial charge >= 0.3 is 0 Å². The Hall–Kier alpha value is -1.33. The van der Waals surface area contributed by atoms with Crippen LogP contribution in [0, 0.1) is 0 Å². The van der Waals surface area contributed by atoms with Crippen LogP contribution in [0.2, 0.25) is 0 Å². The highest BCUT2D eigenvalue weighted by molar-refractivity contribution is 7.91. The fourth-order valence-electron chi connectivity index (χ4n) is 2.93. The SMILES string of the molecule is O=S1(=O)CCC[C@@H](NCCc2c[nH]c3ccccc23)C1. The highest BCUT2D eigenvalue weighted by Gasteiger charge is 2.23. The summed E-state index contributed by atoms with van der Waals surface area (Å²) in [5.74, 6) is 0.647. The number of sulfone groups is 1. The van der Waals surface area contributed by atoms with Gasteiger partial charge in [0.15, 0.2) is 9.84 Å². The summed E-state index contributed by atoms with van der Waals surface area (Å²) in [5, 5.41) is 4.64. The molecular formula is C15H20N2O2S. The first-order valence-electron chi connectivity index (χ1n) is 7.13. The van der Waals surface area contributed by atoms with E-state index in [9.17, 15) is 8.42 Å². The van der Waals surface area contributed by atoms with E-state index >= 15 is 0 Å². The minimum absolute atomic E-state index is 0.124. The van der Waals surface area contributed by atoms with E-state index < -0.39 is 9.84 Å². The predicted molar refractivity (Wildman–Crippen MR) is 81.7 cm³/mol. The fraction of sp³-hybridized carbons (Fsp3) is 0.467. The molecule has 3 rings (SSSR count). The highest BCUT2D eigenvalue weighted by Crippen LogP contribution is 2.18. The smallest absolute Gasteiger partial charge is 0.151 e. The number of H-pyrrole nitrogens is 1. The lowest BCUT2D eigenvalue weighted by Gasteiger charge is -2.23. The van der Waals surface area contributed by atoms with Gasteiger partial charge in [-0.05, 0) is 37.4 Å². The third-order valence-corrected chi connectivity index (χ3v) is 5.79. The summed E-state index contributed by atoms with van der Waals surface area (Å²) in [5.41, 5.74) is 2.44. The molecule has 0 aliphatic carbocycles. The van der Waals surface area contributed by atoms with Crippen molar-refractivity contribution in [3.05, 3.63) is 36.0 Å². The molecule has 2 aromatic rings. The third-order valence-electron chi connectivity index (χ3n) is 3.97. The Morgan fingerprint density at radius 3 is 3.00 bits per heavy atom. The average molecular weight is 292 g/mol. The van der Waals surface area contributed by atoms with Gasteiger partial charge in [-0.15, -0.1) is 0 Å². The van der Waals surface area contributed by atoms with Gasteiger partial charge in [-0.1, -0.05) is 18.2 Å². The van der Waals surface area contributed by atoms with Gasteiger partial charge in [0.1, 0.15) is 0 Å². The van der Waals surface area contributed by atoms with Crippen molar-refractivity contribution >= 4 is 20.7 Å². The van der Waals surface area contributed by atoms with Crippen molar-refractivity contribution in [2.24, 2.45) is 0 Å². The van der Waals surface area contributed by atoms with Gasteiger partial charge in [0.05, 0.1) is 11.5 Å². The van der Waals surface area contributed by atoms with Gasteiger partial charge in [0.2, 0.25) is 0 Å². The molecule has 2 heterocycles. The molecule has 1 fully saturated rings. The Kier molecular flexibility index (Phi) is 3.81. The number of aromatic nitrogens is 1. The molecule has 1 aliphatic rings. The van der Waals surface area contributed by atoms with E-state index in [-0.39, 0.29) is 6.04 Å². The third kappa shape index (κ3) is 3.04. The topological polar surface area (TPSA) is 62.0 Å². The van der Waals surface area contributed by atoms with Crippen LogP contribution in [0.15, 0.2) is 30.5 Å². The molecule has 20 heavy (non-hydrogen) atoms. The minimum Gasteiger partial charge on any atom is -0.361 e. The maximum Gasteiger partial charge on any atom is 0.151 e. The van der Waals surface area contributed by atoms with Gasteiger partial charge in [-0.2, -0.15) is 0 Å². The van der Waals surface area contributed by atoms with E-state index in [1.807, 2.05) is 18.3 Å². The molecular weight excluding hydrogens is 272 g/mol. The molecule has 0 saturated carbocycles. The van der Waals surface area contributed by atoms with E-state index in [0.717, 1.165) is 31.3 Å². The van der Waals surface area contributed by atoms with E-state index in [1.54, 1.807) is 0 Å². The van der Waals surface area contributed by atoms with Crippen LogP contribution in [-0.4, -0.2) is 37.5 Å². The standard InChI is InChI=1S/C15H20N2O2S/c18-20(19)9-3-4-13(11-20)16-8-7-12-10-17-15-6-2-1-5-14(12)15/h1-2,5-6,10,13,16-17H,3-4,7-9,11H2/t13-/m1/s1. The number of nitrogens with one attached hydrogen (secondary N) is 2. The molecule has 1 aliphatic heterocycles. The zero-order chi connectivity index (χ0) is 14.0. The van der Waals surface area contributed by atoms with E-state index in [4.69, 9.17) is 0 Å². The van der Waals surface area contributed by atoms with Crippen LogP contribution in [0.1, 0.15) is 18.4 Å². The maximum atomic E-state index is 11.6. The molecule has 1 atom stereocenters. The summed E-state index contributed by atoms with van der Waals surface area (Å²) >= 11 is 0. The molecule has 0 unspecified atom stereocenters. The Morgan fingerprint density at radius 1 is 1.30 bits per heavy atom. The normalized spacial score (nSPS) is 22.1. The molecule has 2 N–H and O–H groups in total. The summed E-state index contributed by atoms with van der Waals surface area (Å²) in [6.07, 6.45) is 4.71. The Labute approximate surface area is 119 Å². The zero-order valence-corrected chi connectivity index (χ0v) is 12.2. The number of hydrogen-bond acceptors (Lipinski definition) is 3. The fourth-order valence-corrected chi connectivity index (χ4v) is 4.60. The van der Waals surface area contributed by atoms with Crippen molar-refractivity contribution in [2.45, 2.75) is 25.3 Å². The Morgan fingerprint density at radius 2 is 2.15 bits per heavy atom. The van der Waals surface area contributed by atoms with Crippen molar-refractivity contribution in [3.8, 4) is 0 Å². The van der Waals surface area contributed by atoms with Crippen LogP contribution in [0.4, 0.5) is 0 Å². The number of hydrogen-bond donors (Lipinski definition) is 2. The summed E-state index contributed by atoms with van der Waals surface area (Å²) in [4.78, 5) is 3.27. The number of para-hydroxylation sites is 1. The lowest BCUT2D eigenvalue weighted by molar-refractivity contribution is 0.483. The second-order valence-electron chi connectivity index (χ2n) is 5.52. The summed E-state index contributed by atoms with van der Waals surface area (Å²) < 4.78 is 23.2.